The molecule has 2 aromatic rings. The Hall–Kier alpha value is -1.75. The van der Waals surface area contributed by atoms with Gasteiger partial charge in [-0.15, -0.1) is 0 Å². The van der Waals surface area contributed by atoms with Crippen molar-refractivity contribution in [3.8, 4) is 0 Å². The number of thiocarbonyl (C=S) groups is 1. The Balaban J connectivity index is 1.68. The number of hydrogen-bond acceptors (Lipinski definition) is 2. The van der Waals surface area contributed by atoms with Gasteiger partial charge in [0.25, 0.3) is 0 Å². The van der Waals surface area contributed by atoms with Gasteiger partial charge in [-0.1, -0.05) is 29.8 Å². The van der Waals surface area contributed by atoms with Gasteiger partial charge in [0, 0.05) is 29.2 Å². The number of allylic oxidation sites excluding steroid dienone is 1. The van der Waals surface area contributed by atoms with Crippen LogP contribution in [0.15, 0.2) is 48.7 Å². The molecule has 1 aliphatic heterocycles. The van der Waals surface area contributed by atoms with Gasteiger partial charge in [0.05, 0.1) is 10.0 Å². The lowest BCUT2D eigenvalue weighted by Crippen LogP contribution is -2.19. The van der Waals surface area contributed by atoms with Crippen LogP contribution in [0.2, 0.25) is 10.0 Å². The fourth-order valence-electron chi connectivity index (χ4n) is 2.27. The largest absolute Gasteiger partial charge is 0.359 e. The van der Waals surface area contributed by atoms with Crippen LogP contribution in [0.4, 0.5) is 17.1 Å². The zero-order valence-electron chi connectivity index (χ0n) is 11.5. The first-order valence-corrected chi connectivity index (χ1v) is 7.78. The third-order valence-electron chi connectivity index (χ3n) is 3.26. The fourth-order valence-corrected chi connectivity index (χ4v) is 2.81. The predicted molar refractivity (Wildman–Crippen MR) is 99.2 cm³/mol. The third kappa shape index (κ3) is 3.35. The van der Waals surface area contributed by atoms with Crippen molar-refractivity contribution in [2.45, 2.75) is 6.42 Å². The molecule has 0 saturated carbocycles. The molecule has 3 N–H and O–H groups in total. The number of benzene rings is 2. The summed E-state index contributed by atoms with van der Waals surface area (Å²) in [6.07, 6.45) is 0.831. The molecule has 0 aliphatic carbocycles. The molecule has 0 radical (unpaired) electrons. The van der Waals surface area contributed by atoms with E-state index in [4.69, 9.17) is 35.4 Å². The molecule has 3 rings (SSSR count). The van der Waals surface area contributed by atoms with Gasteiger partial charge in [0.1, 0.15) is 0 Å². The van der Waals surface area contributed by atoms with Crippen LogP contribution in [0.3, 0.4) is 0 Å². The van der Waals surface area contributed by atoms with E-state index in [0.29, 0.717) is 15.2 Å². The lowest BCUT2D eigenvalue weighted by atomic mass is 10.1. The minimum Gasteiger partial charge on any atom is -0.359 e. The highest BCUT2D eigenvalue weighted by molar-refractivity contribution is 7.80. The maximum atomic E-state index is 5.98. The first-order valence-electron chi connectivity index (χ1n) is 6.62. The van der Waals surface area contributed by atoms with Crippen molar-refractivity contribution in [3.05, 3.63) is 64.3 Å². The van der Waals surface area contributed by atoms with Crippen LogP contribution in [0, 0.1) is 0 Å². The Morgan fingerprint density at radius 2 is 1.73 bits per heavy atom. The van der Waals surface area contributed by atoms with Crippen molar-refractivity contribution in [2.75, 3.05) is 16.0 Å². The summed E-state index contributed by atoms with van der Waals surface area (Å²) in [5.74, 6) is 0. The van der Waals surface area contributed by atoms with Crippen LogP contribution >= 0.6 is 35.4 Å². The van der Waals surface area contributed by atoms with E-state index in [1.807, 2.05) is 18.2 Å². The average molecular weight is 350 g/mol. The van der Waals surface area contributed by atoms with Gasteiger partial charge in [-0.05, 0) is 54.2 Å². The summed E-state index contributed by atoms with van der Waals surface area (Å²) in [5.41, 5.74) is 5.01. The summed E-state index contributed by atoms with van der Waals surface area (Å²) in [6.45, 7) is 3.94. The number of anilines is 3. The van der Waals surface area contributed by atoms with E-state index < -0.39 is 0 Å². The predicted octanol–water partition coefficient (Wildman–Crippen LogP) is 5.28. The molecule has 0 fully saturated rings. The fraction of sp³-hybridized carbons (Fsp3) is 0.0625. The lowest BCUT2D eigenvalue weighted by Gasteiger charge is -2.12. The second kappa shape index (κ2) is 6.16. The molecule has 2 aromatic carbocycles. The van der Waals surface area contributed by atoms with Crippen LogP contribution in [0.5, 0.6) is 0 Å². The molecule has 0 spiro atoms. The topological polar surface area (TPSA) is 36.1 Å². The maximum absolute atomic E-state index is 5.98. The van der Waals surface area contributed by atoms with Gasteiger partial charge in [-0.2, -0.15) is 0 Å². The van der Waals surface area contributed by atoms with E-state index in [0.717, 1.165) is 29.2 Å². The smallest absolute Gasteiger partial charge is 0.175 e. The highest BCUT2D eigenvalue weighted by Crippen LogP contribution is 2.29. The average Bonchev–Trinajstić information content (AvgIpc) is 2.82. The first kappa shape index (κ1) is 15.2. The monoisotopic (exact) mass is 349 g/mol. The summed E-state index contributed by atoms with van der Waals surface area (Å²) < 4.78 is 0. The number of nitrogens with one attached hydrogen (secondary N) is 3. The van der Waals surface area contributed by atoms with Gasteiger partial charge in [0.2, 0.25) is 0 Å². The van der Waals surface area contributed by atoms with E-state index in [9.17, 15) is 0 Å². The molecule has 22 heavy (non-hydrogen) atoms. The Morgan fingerprint density at radius 1 is 1.05 bits per heavy atom. The Morgan fingerprint density at radius 3 is 2.45 bits per heavy atom. The molecule has 0 aromatic heterocycles. The number of fused-ring (bicyclic) bond motifs is 1. The summed E-state index contributed by atoms with van der Waals surface area (Å²) in [7, 11) is 0. The van der Waals surface area contributed by atoms with Crippen LogP contribution < -0.4 is 16.0 Å². The summed E-state index contributed by atoms with van der Waals surface area (Å²) in [5, 5.41) is 10.9. The zero-order valence-corrected chi connectivity index (χ0v) is 13.9. The lowest BCUT2D eigenvalue weighted by molar-refractivity contribution is 1.26. The van der Waals surface area contributed by atoms with Crippen molar-refractivity contribution in [3.63, 3.8) is 0 Å². The van der Waals surface area contributed by atoms with E-state index in [2.05, 4.69) is 28.6 Å². The van der Waals surface area contributed by atoms with Gasteiger partial charge < -0.3 is 16.0 Å². The standard InChI is InChI=1S/C16H13Cl2N3S/c1-9-6-10-7-11(3-5-15(10)19-9)20-16(22)21-12-2-4-13(17)14(18)8-12/h2-5,7-8,19H,1,6H2,(H2,20,21,22). The minimum absolute atomic E-state index is 0.483. The van der Waals surface area contributed by atoms with Crippen LogP contribution in [-0.2, 0) is 6.42 Å². The van der Waals surface area contributed by atoms with E-state index in [-0.39, 0.29) is 0 Å². The van der Waals surface area contributed by atoms with Crippen LogP contribution in [0.1, 0.15) is 5.56 Å². The highest BCUT2D eigenvalue weighted by atomic mass is 35.5. The van der Waals surface area contributed by atoms with Gasteiger partial charge >= 0.3 is 0 Å². The van der Waals surface area contributed by atoms with E-state index in [1.165, 1.54) is 5.56 Å². The molecule has 1 heterocycles. The van der Waals surface area contributed by atoms with Crippen molar-refractivity contribution in [2.24, 2.45) is 0 Å². The van der Waals surface area contributed by atoms with E-state index >= 15 is 0 Å². The number of rotatable bonds is 2. The highest BCUT2D eigenvalue weighted by Gasteiger charge is 2.13. The second-order valence-corrected chi connectivity index (χ2v) is 6.21. The maximum Gasteiger partial charge on any atom is 0.175 e. The van der Waals surface area contributed by atoms with E-state index in [1.54, 1.807) is 12.1 Å². The molecule has 0 bridgehead atoms. The van der Waals surface area contributed by atoms with Crippen LogP contribution in [-0.4, -0.2) is 5.11 Å². The van der Waals surface area contributed by atoms with Crippen molar-refractivity contribution in [1.29, 1.82) is 0 Å². The van der Waals surface area contributed by atoms with Gasteiger partial charge in [0.15, 0.2) is 5.11 Å². The SMILES string of the molecule is C=C1Cc2cc(NC(=S)Nc3ccc(Cl)c(Cl)c3)ccc2N1. The molecule has 0 amide bonds. The quantitative estimate of drug-likeness (QED) is 0.644. The van der Waals surface area contributed by atoms with Crippen molar-refractivity contribution >= 4 is 57.6 Å². The first-order chi connectivity index (χ1) is 10.5. The number of halogens is 2. The molecule has 112 valence electrons. The van der Waals surface area contributed by atoms with Crippen molar-refractivity contribution < 1.29 is 0 Å². The summed E-state index contributed by atoms with van der Waals surface area (Å²) in [6, 6.07) is 11.3. The molecule has 0 unspecified atom stereocenters. The third-order valence-corrected chi connectivity index (χ3v) is 4.20. The molecular formula is C16H13Cl2N3S. The minimum atomic E-state index is 0.483. The Bertz CT molecular complexity index is 774. The molecule has 0 saturated heterocycles. The summed E-state index contributed by atoms with van der Waals surface area (Å²) in [4.78, 5) is 0. The molecule has 1 aliphatic rings. The summed E-state index contributed by atoms with van der Waals surface area (Å²) >= 11 is 17.2. The number of hydrogen-bond donors (Lipinski definition) is 3. The Kier molecular flexibility index (Phi) is 4.25. The Labute approximate surface area is 144 Å². The molecule has 6 heteroatoms. The molecule has 0 atom stereocenters. The zero-order chi connectivity index (χ0) is 15.7. The normalized spacial score (nSPS) is 12.5. The van der Waals surface area contributed by atoms with Gasteiger partial charge in [-0.25, -0.2) is 0 Å². The van der Waals surface area contributed by atoms with Gasteiger partial charge in [-0.3, -0.25) is 0 Å². The van der Waals surface area contributed by atoms with Crippen molar-refractivity contribution in [1.82, 2.24) is 0 Å². The molecular weight excluding hydrogens is 337 g/mol. The second-order valence-electron chi connectivity index (χ2n) is 4.99. The molecule has 3 nitrogen and oxygen atoms in total. The van der Waals surface area contributed by atoms with Crippen LogP contribution in [0.25, 0.3) is 0 Å².